The van der Waals surface area contributed by atoms with E-state index in [9.17, 15) is 35.5 Å². The van der Waals surface area contributed by atoms with E-state index in [1.54, 1.807) is 0 Å². The molecule has 0 spiro atoms. The summed E-state index contributed by atoms with van der Waals surface area (Å²) >= 11 is 0. The van der Waals surface area contributed by atoms with E-state index < -0.39 is 58.6 Å². The number of ether oxygens (including phenoxy) is 1. The van der Waals surface area contributed by atoms with Gasteiger partial charge in [-0.2, -0.15) is 35.7 Å². The van der Waals surface area contributed by atoms with Crippen LogP contribution in [-0.2, 0) is 26.0 Å². The van der Waals surface area contributed by atoms with Gasteiger partial charge in [-0.1, -0.05) is 6.07 Å². The van der Waals surface area contributed by atoms with Crippen LogP contribution in [0.25, 0.3) is 5.69 Å². The maximum atomic E-state index is 13.5. The molecule has 0 bridgehead atoms. The van der Waals surface area contributed by atoms with E-state index >= 15 is 0 Å². The van der Waals surface area contributed by atoms with Gasteiger partial charge in [0.05, 0.1) is 16.8 Å². The Morgan fingerprint density at radius 1 is 0.967 bits per heavy atom. The molecule has 0 aliphatic heterocycles. The molecule has 0 aliphatic rings. The summed E-state index contributed by atoms with van der Waals surface area (Å²) in [4.78, 5) is 12.1. The molecule has 0 saturated carbocycles. The van der Waals surface area contributed by atoms with Crippen LogP contribution >= 0.6 is 0 Å². The Labute approximate surface area is 163 Å². The highest BCUT2D eigenvalue weighted by Crippen LogP contribution is 2.38. The van der Waals surface area contributed by atoms with Crippen LogP contribution in [0.3, 0.4) is 0 Å². The molecule has 0 N–H and O–H groups in total. The normalized spacial score (nSPS) is 12.3. The highest BCUT2D eigenvalue weighted by atomic mass is 19.4. The van der Waals surface area contributed by atoms with Gasteiger partial charge in [0, 0.05) is 18.7 Å². The Kier molecular flexibility index (Phi) is 5.31. The minimum atomic E-state index is -4.93. The predicted molar refractivity (Wildman–Crippen MR) is 87.3 cm³/mol. The molecule has 3 rings (SSSR count). The smallest absolute Gasteiger partial charge is 0.419 e. The minimum Gasteiger partial charge on any atom is -0.488 e. The Morgan fingerprint density at radius 2 is 1.63 bits per heavy atom. The van der Waals surface area contributed by atoms with Crippen molar-refractivity contribution < 1.29 is 35.5 Å². The van der Waals surface area contributed by atoms with Crippen molar-refractivity contribution in [2.45, 2.75) is 19.0 Å². The first-order valence-electron chi connectivity index (χ1n) is 8.07. The summed E-state index contributed by atoms with van der Waals surface area (Å²) in [6, 6.07) is 4.12. The van der Waals surface area contributed by atoms with Gasteiger partial charge in [0.1, 0.15) is 18.2 Å². The van der Waals surface area contributed by atoms with Crippen molar-refractivity contribution in [1.82, 2.24) is 19.8 Å². The van der Waals surface area contributed by atoms with E-state index in [0.29, 0.717) is 28.9 Å². The third-order valence-electron chi connectivity index (χ3n) is 4.03. The molecule has 13 heteroatoms. The zero-order valence-corrected chi connectivity index (χ0v) is 14.9. The molecule has 0 unspecified atom stereocenters. The van der Waals surface area contributed by atoms with Crippen molar-refractivity contribution >= 4 is 0 Å². The second-order valence-electron chi connectivity index (χ2n) is 6.02. The van der Waals surface area contributed by atoms with Gasteiger partial charge in [-0.15, -0.1) is 0 Å². The first-order valence-corrected chi connectivity index (χ1v) is 8.07. The number of aromatic nitrogens is 4. The average molecular weight is 436 g/mol. The summed E-state index contributed by atoms with van der Waals surface area (Å²) in [5.41, 5.74) is -4.59. The van der Waals surface area contributed by atoms with Crippen LogP contribution in [0.2, 0.25) is 0 Å². The molecule has 160 valence electrons. The predicted octanol–water partition coefficient (Wildman–Crippen LogP) is 3.72. The Morgan fingerprint density at radius 3 is 2.20 bits per heavy atom. The standard InChI is InChI=1S/C17H11F7N4O2/c1-27-15(29)28(26-25-27)13-4-2-3-11(16(19,20)21)10(13)8-30-14-7-9(18)5-6-12(14)17(22,23)24/h2-7H,8H2,1H3. The summed E-state index contributed by atoms with van der Waals surface area (Å²) in [7, 11) is 1.21. The fourth-order valence-corrected chi connectivity index (χ4v) is 2.65. The first kappa shape index (κ1) is 21.3. The minimum absolute atomic E-state index is 0.395. The Hall–Kier alpha value is -3.38. The molecular formula is C17H11F7N4O2. The quantitative estimate of drug-likeness (QED) is 0.585. The molecule has 0 saturated heterocycles. The monoisotopic (exact) mass is 436 g/mol. The van der Waals surface area contributed by atoms with Crippen LogP contribution in [0.1, 0.15) is 16.7 Å². The molecule has 0 radical (unpaired) electrons. The third kappa shape index (κ3) is 4.14. The molecule has 3 aromatic rings. The van der Waals surface area contributed by atoms with Gasteiger partial charge < -0.3 is 4.74 Å². The maximum absolute atomic E-state index is 13.5. The number of rotatable bonds is 4. The molecule has 0 amide bonds. The number of aryl methyl sites for hydroxylation is 1. The van der Waals surface area contributed by atoms with Gasteiger partial charge in [-0.25, -0.2) is 9.18 Å². The van der Waals surface area contributed by atoms with Gasteiger partial charge in [-0.05, 0) is 34.7 Å². The number of nitrogens with zero attached hydrogens (tertiary/aromatic N) is 4. The summed E-state index contributed by atoms with van der Waals surface area (Å²) in [5, 5.41) is 6.85. The Balaban J connectivity index is 2.12. The van der Waals surface area contributed by atoms with Crippen LogP contribution in [0.15, 0.2) is 41.2 Å². The van der Waals surface area contributed by atoms with Crippen molar-refractivity contribution in [3.63, 3.8) is 0 Å². The van der Waals surface area contributed by atoms with E-state index in [-0.39, 0.29) is 0 Å². The zero-order valence-electron chi connectivity index (χ0n) is 14.9. The topological polar surface area (TPSA) is 61.9 Å². The first-order chi connectivity index (χ1) is 13.9. The lowest BCUT2D eigenvalue weighted by molar-refractivity contribution is -0.140. The molecule has 0 aliphatic carbocycles. The van der Waals surface area contributed by atoms with Crippen LogP contribution in [0.4, 0.5) is 30.7 Å². The van der Waals surface area contributed by atoms with Crippen molar-refractivity contribution in [2.75, 3.05) is 0 Å². The maximum Gasteiger partial charge on any atom is 0.419 e. The molecule has 0 fully saturated rings. The van der Waals surface area contributed by atoms with Crippen molar-refractivity contribution in [3.8, 4) is 11.4 Å². The van der Waals surface area contributed by atoms with Crippen molar-refractivity contribution in [3.05, 3.63) is 69.4 Å². The van der Waals surface area contributed by atoms with Gasteiger partial charge in [0.2, 0.25) is 0 Å². The van der Waals surface area contributed by atoms with E-state index in [0.717, 1.165) is 16.8 Å². The molecule has 1 aromatic heterocycles. The van der Waals surface area contributed by atoms with E-state index in [1.807, 2.05) is 0 Å². The van der Waals surface area contributed by atoms with Crippen molar-refractivity contribution in [1.29, 1.82) is 0 Å². The van der Waals surface area contributed by atoms with E-state index in [1.165, 1.54) is 7.05 Å². The summed E-state index contributed by atoms with van der Waals surface area (Å²) in [6.45, 7) is -1.05. The number of hydrogen-bond acceptors (Lipinski definition) is 4. The number of benzene rings is 2. The zero-order chi connectivity index (χ0) is 22.3. The number of hydrogen-bond donors (Lipinski definition) is 0. The molecule has 30 heavy (non-hydrogen) atoms. The molecule has 1 heterocycles. The number of tetrazole rings is 1. The highest BCUT2D eigenvalue weighted by Gasteiger charge is 2.37. The lowest BCUT2D eigenvalue weighted by atomic mass is 10.1. The second kappa shape index (κ2) is 7.46. The fourth-order valence-electron chi connectivity index (χ4n) is 2.65. The van der Waals surface area contributed by atoms with Gasteiger partial charge in [0.15, 0.2) is 0 Å². The molecule has 2 aromatic carbocycles. The van der Waals surface area contributed by atoms with Gasteiger partial charge in [-0.3, -0.25) is 0 Å². The van der Waals surface area contributed by atoms with Gasteiger partial charge >= 0.3 is 18.0 Å². The SMILES string of the molecule is Cn1nnn(-c2cccc(C(F)(F)F)c2COc2cc(F)ccc2C(F)(F)F)c1=O. The van der Waals surface area contributed by atoms with E-state index in [4.69, 9.17) is 4.74 Å². The van der Waals surface area contributed by atoms with E-state index in [2.05, 4.69) is 10.4 Å². The summed E-state index contributed by atoms with van der Waals surface area (Å²) in [5.74, 6) is -2.08. The highest BCUT2D eigenvalue weighted by molar-refractivity contribution is 5.47. The molecular weight excluding hydrogens is 425 g/mol. The van der Waals surface area contributed by atoms with Crippen LogP contribution in [0, 0.1) is 5.82 Å². The average Bonchev–Trinajstić information content (AvgIpc) is 2.96. The molecule has 0 atom stereocenters. The number of halogens is 7. The van der Waals surface area contributed by atoms with Crippen molar-refractivity contribution in [2.24, 2.45) is 7.05 Å². The van der Waals surface area contributed by atoms with Crippen LogP contribution in [0.5, 0.6) is 5.75 Å². The second-order valence-corrected chi connectivity index (χ2v) is 6.02. The molecule has 6 nitrogen and oxygen atoms in total. The summed E-state index contributed by atoms with van der Waals surface area (Å²) < 4.78 is 99.5. The lowest BCUT2D eigenvalue weighted by Crippen LogP contribution is -2.24. The fraction of sp³-hybridized carbons (Fsp3) is 0.235. The number of alkyl halides is 6. The van der Waals surface area contributed by atoms with Crippen LogP contribution < -0.4 is 10.4 Å². The van der Waals surface area contributed by atoms with Crippen LogP contribution in [-0.4, -0.2) is 19.8 Å². The van der Waals surface area contributed by atoms with Gasteiger partial charge in [0.25, 0.3) is 0 Å². The largest absolute Gasteiger partial charge is 0.488 e. The third-order valence-corrected chi connectivity index (χ3v) is 4.03. The Bertz CT molecular complexity index is 1130. The summed E-state index contributed by atoms with van der Waals surface area (Å²) in [6.07, 6.45) is -9.85. The lowest BCUT2D eigenvalue weighted by Gasteiger charge is -2.18.